The van der Waals surface area contributed by atoms with Crippen LogP contribution in [0.15, 0.2) is 0 Å². The van der Waals surface area contributed by atoms with E-state index in [1.54, 1.807) is 32.6 Å². The molecule has 0 aromatic carbocycles. The van der Waals surface area contributed by atoms with E-state index in [4.69, 9.17) is 0 Å². The number of fused-ring (bicyclic) bond motifs is 1. The predicted molar refractivity (Wildman–Crippen MR) is 207 cm³/mol. The molecule has 304 valence electrons. The number of nitrogens with one attached hydrogen (secondary N) is 4. The standard InChI is InChI=1S/C41H67N5O7S/c1-9-27-22-41(27,32(47)34(49)42-23-26-16-17-26)44-33(48)30-29-28(38(29,6)7)24-46(30)35(50)31(39(8)18-12-10-13-19-39)43-36(51)45-40(20-14-11-15-21-40)25(2)54(52,53)37(3,4)5/h25-31H,9-24H2,1-8H3,(H,42,49)(H,44,48)(H2,43,45,51)/t25-,27+,28-,29-,30-,31+,41-/m0/s1. The van der Waals surface area contributed by atoms with Crippen molar-refractivity contribution in [3.8, 4) is 0 Å². The largest absolute Gasteiger partial charge is 0.349 e. The number of ketones is 1. The van der Waals surface area contributed by atoms with Gasteiger partial charge in [-0.2, -0.15) is 0 Å². The van der Waals surface area contributed by atoms with Crippen LogP contribution in [0.25, 0.3) is 0 Å². The molecule has 1 heterocycles. The molecule has 0 bridgehead atoms. The second-order valence-corrected chi connectivity index (χ2v) is 22.9. The number of hydrogen-bond donors (Lipinski definition) is 4. The van der Waals surface area contributed by atoms with E-state index in [0.717, 1.165) is 64.2 Å². The molecule has 6 aliphatic rings. The molecule has 54 heavy (non-hydrogen) atoms. The molecule has 5 amide bonds. The number of Topliss-reactive ketones (excluding diaryl/α,β-unsaturated/α-hetero) is 1. The minimum atomic E-state index is -3.64. The summed E-state index contributed by atoms with van der Waals surface area (Å²) < 4.78 is 26.6. The first kappa shape index (κ1) is 40.9. The quantitative estimate of drug-likeness (QED) is 0.195. The van der Waals surface area contributed by atoms with Crippen LogP contribution >= 0.6 is 0 Å². The van der Waals surface area contributed by atoms with Crippen LogP contribution in [0, 0.1) is 34.5 Å². The third-order valence-electron chi connectivity index (χ3n) is 15.0. The summed E-state index contributed by atoms with van der Waals surface area (Å²) in [5.41, 5.74) is -3.04. The minimum Gasteiger partial charge on any atom is -0.349 e. The summed E-state index contributed by atoms with van der Waals surface area (Å²) in [6, 6.07) is -2.36. The Kier molecular flexibility index (Phi) is 10.9. The van der Waals surface area contributed by atoms with E-state index in [-0.39, 0.29) is 29.1 Å². The van der Waals surface area contributed by atoms with Crippen molar-refractivity contribution >= 4 is 39.4 Å². The van der Waals surface area contributed by atoms with Crippen LogP contribution in [0.1, 0.15) is 145 Å². The summed E-state index contributed by atoms with van der Waals surface area (Å²) in [6.07, 6.45) is 11.0. The molecular weight excluding hydrogens is 707 g/mol. The number of carbonyl (C=O) groups excluding carboxylic acids is 5. The van der Waals surface area contributed by atoms with E-state index in [1.165, 1.54) is 0 Å². The molecule has 5 aliphatic carbocycles. The first-order valence-corrected chi connectivity index (χ1v) is 22.5. The number of hydrogen-bond acceptors (Lipinski definition) is 7. The van der Waals surface area contributed by atoms with Gasteiger partial charge in [0, 0.05) is 13.1 Å². The lowest BCUT2D eigenvalue weighted by Gasteiger charge is -2.46. The summed E-state index contributed by atoms with van der Waals surface area (Å²) in [6.45, 7) is 15.8. The van der Waals surface area contributed by atoms with Crippen molar-refractivity contribution in [2.75, 3.05) is 13.1 Å². The van der Waals surface area contributed by atoms with Crippen LogP contribution in [-0.2, 0) is 29.0 Å². The Morgan fingerprint density at radius 3 is 2.00 bits per heavy atom. The fourth-order valence-corrected chi connectivity index (χ4v) is 12.6. The van der Waals surface area contributed by atoms with E-state index in [1.807, 2.05) is 13.8 Å². The lowest BCUT2D eigenvalue weighted by molar-refractivity contribution is -0.146. The van der Waals surface area contributed by atoms with E-state index in [2.05, 4.69) is 35.1 Å². The molecule has 0 unspecified atom stereocenters. The third kappa shape index (κ3) is 7.33. The molecule has 12 nitrogen and oxygen atoms in total. The number of carbonyl (C=O) groups is 5. The second-order valence-electron chi connectivity index (χ2n) is 19.9. The topological polar surface area (TPSA) is 171 Å². The van der Waals surface area contributed by atoms with E-state index >= 15 is 4.79 Å². The monoisotopic (exact) mass is 773 g/mol. The normalized spacial score (nSPS) is 32.0. The van der Waals surface area contributed by atoms with Gasteiger partial charge >= 0.3 is 6.03 Å². The summed E-state index contributed by atoms with van der Waals surface area (Å²) in [4.78, 5) is 72.1. The van der Waals surface area contributed by atoms with Crippen LogP contribution in [0.3, 0.4) is 0 Å². The van der Waals surface area contributed by atoms with Crippen LogP contribution < -0.4 is 21.3 Å². The van der Waals surface area contributed by atoms with Crippen LogP contribution in [0.5, 0.6) is 0 Å². The minimum absolute atomic E-state index is 0.0782. The molecule has 6 rings (SSSR count). The van der Waals surface area contributed by atoms with Gasteiger partial charge in [-0.3, -0.25) is 19.2 Å². The molecule has 13 heteroatoms. The molecule has 1 saturated heterocycles. The van der Waals surface area contributed by atoms with Gasteiger partial charge in [-0.15, -0.1) is 0 Å². The van der Waals surface area contributed by atoms with Gasteiger partial charge in [0.2, 0.25) is 17.6 Å². The van der Waals surface area contributed by atoms with Crippen molar-refractivity contribution in [2.24, 2.45) is 34.5 Å². The smallest absolute Gasteiger partial charge is 0.315 e. The Labute approximate surface area is 323 Å². The van der Waals surface area contributed by atoms with Crippen molar-refractivity contribution in [2.45, 2.75) is 178 Å². The molecule has 6 fully saturated rings. The first-order valence-electron chi connectivity index (χ1n) is 20.9. The number of rotatable bonds is 13. The van der Waals surface area contributed by atoms with E-state index in [9.17, 15) is 27.6 Å². The van der Waals surface area contributed by atoms with Gasteiger partial charge in [-0.1, -0.05) is 72.6 Å². The van der Waals surface area contributed by atoms with Crippen molar-refractivity contribution in [3.63, 3.8) is 0 Å². The maximum absolute atomic E-state index is 15.0. The summed E-state index contributed by atoms with van der Waals surface area (Å²) in [5.74, 6) is -1.82. The number of piperidine rings is 1. The highest BCUT2D eigenvalue weighted by Gasteiger charge is 2.71. The van der Waals surface area contributed by atoms with Crippen molar-refractivity contribution in [3.05, 3.63) is 0 Å². The Bertz CT molecular complexity index is 1620. The average Bonchev–Trinajstić information content (AvgIpc) is 4.07. The molecule has 0 radical (unpaired) electrons. The maximum atomic E-state index is 15.0. The number of nitrogens with zero attached hydrogens (tertiary/aromatic N) is 1. The third-order valence-corrected chi connectivity index (χ3v) is 18.1. The lowest BCUT2D eigenvalue weighted by atomic mass is 9.70. The van der Waals surface area contributed by atoms with Gasteiger partial charge in [0.15, 0.2) is 9.84 Å². The number of sulfone groups is 1. The molecule has 1 aliphatic heterocycles. The summed E-state index contributed by atoms with van der Waals surface area (Å²) >= 11 is 0. The predicted octanol–water partition coefficient (Wildman–Crippen LogP) is 4.79. The fourth-order valence-electron chi connectivity index (χ4n) is 10.6. The zero-order valence-corrected chi connectivity index (χ0v) is 34.9. The van der Waals surface area contributed by atoms with Gasteiger partial charge in [0.05, 0.1) is 15.5 Å². The highest BCUT2D eigenvalue weighted by molar-refractivity contribution is 7.93. The molecule has 0 aromatic heterocycles. The number of urea groups is 1. The van der Waals surface area contributed by atoms with Crippen molar-refractivity contribution < 1.29 is 32.4 Å². The average molecular weight is 774 g/mol. The lowest BCUT2D eigenvalue weighted by Crippen LogP contribution is -2.66. The van der Waals surface area contributed by atoms with Crippen LogP contribution in [-0.4, -0.2) is 89.1 Å². The molecule has 4 N–H and O–H groups in total. The van der Waals surface area contributed by atoms with E-state index in [0.29, 0.717) is 44.7 Å². The van der Waals surface area contributed by atoms with Gasteiger partial charge in [-0.05, 0) is 107 Å². The molecule has 0 spiro atoms. The van der Waals surface area contributed by atoms with Crippen LogP contribution in [0.4, 0.5) is 4.79 Å². The fraction of sp³-hybridized carbons (Fsp3) is 0.878. The van der Waals surface area contributed by atoms with Gasteiger partial charge < -0.3 is 26.2 Å². The van der Waals surface area contributed by atoms with Crippen LogP contribution in [0.2, 0.25) is 0 Å². The van der Waals surface area contributed by atoms with E-state index < -0.39 is 72.0 Å². The highest BCUT2D eigenvalue weighted by Crippen LogP contribution is 2.65. The Hall–Kier alpha value is -2.70. The van der Waals surface area contributed by atoms with Gasteiger partial charge in [0.25, 0.3) is 5.91 Å². The first-order chi connectivity index (χ1) is 25.1. The maximum Gasteiger partial charge on any atom is 0.315 e. The molecule has 0 aromatic rings. The molecule has 5 saturated carbocycles. The SMILES string of the molecule is CC[C@@H]1C[C@@]1(NC(=O)[C@@H]1[C@@H]2[C@H](CN1C(=O)[C@@H](NC(=O)NC1([C@H](C)S(=O)(=O)C(C)(C)C)CCCCC1)C1(C)CCCCC1)C2(C)C)C(=O)C(=O)NCC1CC1. The summed E-state index contributed by atoms with van der Waals surface area (Å²) in [5, 5.41) is 11.2. The molecule has 7 atom stereocenters. The van der Waals surface area contributed by atoms with Crippen molar-refractivity contribution in [1.82, 2.24) is 26.2 Å². The van der Waals surface area contributed by atoms with Gasteiger partial charge in [0.1, 0.15) is 17.6 Å². The Balaban J connectivity index is 1.25. The zero-order valence-electron chi connectivity index (χ0n) is 34.1. The Morgan fingerprint density at radius 2 is 1.46 bits per heavy atom. The zero-order chi connectivity index (χ0) is 39.6. The molecular formula is C41H67N5O7S. The Morgan fingerprint density at radius 1 is 0.870 bits per heavy atom. The van der Waals surface area contributed by atoms with Crippen molar-refractivity contribution in [1.29, 1.82) is 0 Å². The second kappa shape index (κ2) is 14.4. The number of likely N-dealkylation sites (tertiary alicyclic amines) is 1. The summed E-state index contributed by atoms with van der Waals surface area (Å²) in [7, 11) is -3.64. The highest BCUT2D eigenvalue weighted by atomic mass is 32.2. The number of amides is 5. The van der Waals surface area contributed by atoms with Gasteiger partial charge in [-0.25, -0.2) is 13.2 Å².